The van der Waals surface area contributed by atoms with E-state index < -0.39 is 4.92 Å². The van der Waals surface area contributed by atoms with Crippen molar-refractivity contribution in [2.45, 2.75) is 13.0 Å². The van der Waals surface area contributed by atoms with Crippen LogP contribution in [0.3, 0.4) is 0 Å². The minimum atomic E-state index is -0.491. The lowest BCUT2D eigenvalue weighted by molar-refractivity contribution is -0.383. The molecular weight excluding hydrogens is 360 g/mol. The molecule has 0 saturated carbocycles. The Bertz CT molecular complexity index is 901. The molecule has 0 spiro atoms. The number of hydrogen-bond donors (Lipinski definition) is 1. The highest BCUT2D eigenvalue weighted by Gasteiger charge is 2.18. The number of anilines is 1. The summed E-state index contributed by atoms with van der Waals surface area (Å²) in [6.07, 6.45) is -0.348. The number of benzene rings is 2. The van der Waals surface area contributed by atoms with E-state index in [2.05, 4.69) is 15.6 Å². The van der Waals surface area contributed by atoms with Crippen molar-refractivity contribution in [2.24, 2.45) is 0 Å². The number of halogens is 1. The molecule has 1 atom stereocenters. The Balaban J connectivity index is 1.67. The smallest absolute Gasteiger partial charge is 0.293 e. The minimum Gasteiger partial charge on any atom is -0.469 e. The fourth-order valence-electron chi connectivity index (χ4n) is 2.32. The molecule has 0 amide bonds. The standard InChI is InChI=1S/C17H15ClN4O4/c1-11(10-19-14-8-7-13(18)9-15(14)22(23)24)25-17-16(20-26-21-17)12-5-3-2-4-6-12/h2-9,11,19H,10H2,1H3. The van der Waals surface area contributed by atoms with Gasteiger partial charge < -0.3 is 10.1 Å². The summed E-state index contributed by atoms with van der Waals surface area (Å²) >= 11 is 5.81. The summed E-state index contributed by atoms with van der Waals surface area (Å²) in [5, 5.41) is 22.1. The van der Waals surface area contributed by atoms with Crippen molar-refractivity contribution >= 4 is 23.0 Å². The lowest BCUT2D eigenvalue weighted by atomic mass is 10.2. The van der Waals surface area contributed by atoms with Crippen molar-refractivity contribution in [3.63, 3.8) is 0 Å². The van der Waals surface area contributed by atoms with Crippen molar-refractivity contribution in [2.75, 3.05) is 11.9 Å². The maximum atomic E-state index is 11.1. The first kappa shape index (κ1) is 17.7. The quantitative estimate of drug-likeness (QED) is 0.488. The van der Waals surface area contributed by atoms with Gasteiger partial charge in [0.25, 0.3) is 11.6 Å². The number of nitrogens with one attached hydrogen (secondary N) is 1. The first-order valence-electron chi connectivity index (χ1n) is 7.77. The van der Waals surface area contributed by atoms with Crippen LogP contribution in [-0.4, -0.2) is 27.9 Å². The Hall–Kier alpha value is -3.13. The van der Waals surface area contributed by atoms with Gasteiger partial charge in [-0.05, 0) is 29.4 Å². The van der Waals surface area contributed by atoms with E-state index in [1.165, 1.54) is 6.07 Å². The SMILES string of the molecule is CC(CNc1ccc(Cl)cc1[N+](=O)[O-])Oc1nonc1-c1ccccc1. The number of nitrogens with zero attached hydrogens (tertiary/aromatic N) is 3. The van der Waals surface area contributed by atoms with E-state index in [9.17, 15) is 10.1 Å². The fourth-order valence-corrected chi connectivity index (χ4v) is 2.49. The van der Waals surface area contributed by atoms with Gasteiger partial charge in [-0.1, -0.05) is 41.9 Å². The molecule has 0 fully saturated rings. The molecule has 26 heavy (non-hydrogen) atoms. The van der Waals surface area contributed by atoms with E-state index in [-0.39, 0.29) is 17.7 Å². The van der Waals surface area contributed by atoms with Crippen LogP contribution >= 0.6 is 11.6 Å². The molecule has 3 rings (SSSR count). The summed E-state index contributed by atoms with van der Waals surface area (Å²) in [6, 6.07) is 13.8. The Kier molecular flexibility index (Phi) is 5.33. The van der Waals surface area contributed by atoms with Gasteiger partial charge in [-0.3, -0.25) is 10.1 Å². The second-order valence-electron chi connectivity index (χ2n) is 5.51. The van der Waals surface area contributed by atoms with Crippen LogP contribution in [0, 0.1) is 10.1 Å². The Morgan fingerprint density at radius 1 is 1.27 bits per heavy atom. The third-order valence-electron chi connectivity index (χ3n) is 3.55. The predicted octanol–water partition coefficient (Wildman–Crippen LogP) is 4.18. The average Bonchev–Trinajstić information content (AvgIpc) is 3.09. The fraction of sp³-hybridized carbons (Fsp3) is 0.176. The van der Waals surface area contributed by atoms with Crippen LogP contribution in [0.4, 0.5) is 11.4 Å². The van der Waals surface area contributed by atoms with E-state index in [1.54, 1.807) is 19.1 Å². The Morgan fingerprint density at radius 3 is 2.77 bits per heavy atom. The van der Waals surface area contributed by atoms with Crippen LogP contribution < -0.4 is 10.1 Å². The van der Waals surface area contributed by atoms with Crippen molar-refractivity contribution in [3.8, 4) is 17.1 Å². The van der Waals surface area contributed by atoms with Crippen molar-refractivity contribution in [3.05, 3.63) is 63.7 Å². The number of aromatic nitrogens is 2. The molecule has 0 aliphatic heterocycles. The highest BCUT2D eigenvalue weighted by Crippen LogP contribution is 2.29. The van der Waals surface area contributed by atoms with Crippen LogP contribution in [0.5, 0.6) is 5.88 Å². The Labute approximate surface area is 153 Å². The van der Waals surface area contributed by atoms with E-state index in [1.807, 2.05) is 30.3 Å². The molecule has 0 saturated heterocycles. The summed E-state index contributed by atoms with van der Waals surface area (Å²) < 4.78 is 10.5. The monoisotopic (exact) mass is 374 g/mol. The molecule has 1 unspecified atom stereocenters. The maximum absolute atomic E-state index is 11.1. The van der Waals surface area contributed by atoms with Crippen molar-refractivity contribution < 1.29 is 14.3 Å². The summed E-state index contributed by atoms with van der Waals surface area (Å²) in [5.41, 5.74) is 1.57. The van der Waals surface area contributed by atoms with Gasteiger partial charge in [-0.25, -0.2) is 4.63 Å². The molecule has 1 aromatic heterocycles. The lowest BCUT2D eigenvalue weighted by Gasteiger charge is -2.14. The molecular formula is C17H15ClN4O4. The van der Waals surface area contributed by atoms with Crippen LogP contribution in [0.25, 0.3) is 11.3 Å². The van der Waals surface area contributed by atoms with Gasteiger partial charge in [0, 0.05) is 16.7 Å². The zero-order valence-electron chi connectivity index (χ0n) is 13.8. The second kappa shape index (κ2) is 7.83. The van der Waals surface area contributed by atoms with E-state index >= 15 is 0 Å². The normalized spacial score (nSPS) is 11.8. The second-order valence-corrected chi connectivity index (χ2v) is 5.95. The summed E-state index contributed by atoms with van der Waals surface area (Å²) in [4.78, 5) is 10.6. The number of nitro groups is 1. The maximum Gasteiger partial charge on any atom is 0.293 e. The predicted molar refractivity (Wildman–Crippen MR) is 96.4 cm³/mol. The van der Waals surface area contributed by atoms with E-state index in [0.29, 0.717) is 22.9 Å². The largest absolute Gasteiger partial charge is 0.469 e. The Morgan fingerprint density at radius 2 is 2.04 bits per heavy atom. The molecule has 0 radical (unpaired) electrons. The first-order chi connectivity index (χ1) is 12.5. The number of rotatable bonds is 7. The molecule has 0 aliphatic rings. The number of ether oxygens (including phenoxy) is 1. The molecule has 3 aromatic rings. The number of nitro benzene ring substituents is 1. The van der Waals surface area contributed by atoms with Crippen molar-refractivity contribution in [1.82, 2.24) is 10.3 Å². The topological polar surface area (TPSA) is 103 Å². The summed E-state index contributed by atoms with van der Waals surface area (Å²) in [7, 11) is 0. The van der Waals surface area contributed by atoms with Crippen LogP contribution in [0.1, 0.15) is 6.92 Å². The zero-order valence-corrected chi connectivity index (χ0v) is 14.5. The van der Waals surface area contributed by atoms with E-state index in [0.717, 1.165) is 5.56 Å². The summed E-state index contributed by atoms with van der Waals surface area (Å²) in [6.45, 7) is 2.11. The molecule has 0 aliphatic carbocycles. The minimum absolute atomic E-state index is 0.0993. The summed E-state index contributed by atoms with van der Waals surface area (Å²) in [5.74, 6) is 0.260. The third kappa shape index (κ3) is 4.09. The lowest BCUT2D eigenvalue weighted by Crippen LogP contribution is -2.23. The van der Waals surface area contributed by atoms with Gasteiger partial charge in [0.1, 0.15) is 11.8 Å². The molecule has 8 nitrogen and oxygen atoms in total. The molecule has 134 valence electrons. The molecule has 0 bridgehead atoms. The van der Waals surface area contributed by atoms with Gasteiger partial charge in [0.05, 0.1) is 11.5 Å². The molecule has 1 heterocycles. The average molecular weight is 375 g/mol. The number of hydrogen-bond acceptors (Lipinski definition) is 7. The zero-order chi connectivity index (χ0) is 18.5. The van der Waals surface area contributed by atoms with Crippen LogP contribution in [-0.2, 0) is 0 Å². The van der Waals surface area contributed by atoms with Gasteiger partial charge in [0.15, 0.2) is 5.69 Å². The highest BCUT2D eigenvalue weighted by atomic mass is 35.5. The third-order valence-corrected chi connectivity index (χ3v) is 3.79. The van der Waals surface area contributed by atoms with E-state index in [4.69, 9.17) is 21.0 Å². The highest BCUT2D eigenvalue weighted by molar-refractivity contribution is 6.30. The van der Waals surface area contributed by atoms with Gasteiger partial charge in [0.2, 0.25) is 0 Å². The van der Waals surface area contributed by atoms with Gasteiger partial charge >= 0.3 is 0 Å². The molecule has 1 N–H and O–H groups in total. The molecule has 9 heteroatoms. The molecule has 2 aromatic carbocycles. The van der Waals surface area contributed by atoms with Gasteiger partial charge in [-0.15, -0.1) is 0 Å². The van der Waals surface area contributed by atoms with Crippen molar-refractivity contribution in [1.29, 1.82) is 0 Å². The van der Waals surface area contributed by atoms with Crippen LogP contribution in [0.15, 0.2) is 53.2 Å². The van der Waals surface area contributed by atoms with Gasteiger partial charge in [-0.2, -0.15) is 0 Å². The first-order valence-corrected chi connectivity index (χ1v) is 8.15. The van der Waals surface area contributed by atoms with Crippen LogP contribution in [0.2, 0.25) is 5.02 Å².